The minimum absolute atomic E-state index is 0.251. The molecule has 0 bridgehead atoms. The molecule has 2 heterocycles. The second kappa shape index (κ2) is 6.10. The molecule has 120 valence electrons. The third-order valence-corrected chi connectivity index (χ3v) is 4.40. The van der Waals surface area contributed by atoms with E-state index in [9.17, 15) is 5.26 Å². The summed E-state index contributed by atoms with van der Waals surface area (Å²) < 4.78 is 19.4. The molecule has 1 aliphatic heterocycles. The first-order valence-corrected chi connectivity index (χ1v) is 8.25. The fraction of sp³-hybridized carbons (Fsp3) is 0.167. The summed E-state index contributed by atoms with van der Waals surface area (Å²) in [5.41, 5.74) is 1.68. The number of ether oxygens (including phenoxy) is 3. The van der Waals surface area contributed by atoms with Crippen LogP contribution < -0.4 is 14.2 Å². The van der Waals surface area contributed by atoms with Crippen LogP contribution in [-0.2, 0) is 6.54 Å². The van der Waals surface area contributed by atoms with Crippen molar-refractivity contribution in [2.75, 3.05) is 13.4 Å². The van der Waals surface area contributed by atoms with E-state index < -0.39 is 0 Å². The monoisotopic (exact) mass is 384 g/mol. The maximum Gasteiger partial charge on any atom is 0.231 e. The van der Waals surface area contributed by atoms with Crippen LogP contribution in [0.3, 0.4) is 0 Å². The lowest BCUT2D eigenvalue weighted by Gasteiger charge is -2.09. The Morgan fingerprint density at radius 1 is 1.17 bits per heavy atom. The van der Waals surface area contributed by atoms with Crippen LogP contribution in [0.25, 0.3) is 10.9 Å². The molecule has 2 aromatic carbocycles. The maximum atomic E-state index is 9.30. The molecule has 1 aromatic heterocycles. The van der Waals surface area contributed by atoms with Gasteiger partial charge in [0.15, 0.2) is 11.5 Å². The van der Waals surface area contributed by atoms with Gasteiger partial charge in [-0.2, -0.15) is 5.26 Å². The smallest absolute Gasteiger partial charge is 0.231 e. The summed E-state index contributed by atoms with van der Waals surface area (Å²) in [5.74, 6) is 2.18. The van der Waals surface area contributed by atoms with Crippen LogP contribution in [0.1, 0.15) is 5.56 Å². The van der Waals surface area contributed by atoms with Gasteiger partial charge in [0, 0.05) is 27.6 Å². The van der Waals surface area contributed by atoms with E-state index in [0.29, 0.717) is 24.5 Å². The molecule has 4 rings (SSSR count). The molecule has 0 amide bonds. The molecule has 0 N–H and O–H groups in total. The zero-order chi connectivity index (χ0) is 16.5. The molecule has 6 heteroatoms. The third-order valence-electron chi connectivity index (χ3n) is 3.91. The molecule has 0 aliphatic carbocycles. The van der Waals surface area contributed by atoms with E-state index in [1.54, 1.807) is 0 Å². The molecular formula is C18H13BrN2O3. The summed E-state index contributed by atoms with van der Waals surface area (Å²) >= 11 is 3.45. The van der Waals surface area contributed by atoms with Crippen LogP contribution in [0.2, 0.25) is 0 Å². The molecule has 0 fully saturated rings. The van der Waals surface area contributed by atoms with Crippen molar-refractivity contribution in [2.24, 2.45) is 0 Å². The largest absolute Gasteiger partial charge is 0.492 e. The number of nitriles is 1. The van der Waals surface area contributed by atoms with Gasteiger partial charge in [-0.25, -0.2) is 0 Å². The van der Waals surface area contributed by atoms with Crippen LogP contribution in [0.4, 0.5) is 0 Å². The van der Waals surface area contributed by atoms with Crippen molar-refractivity contribution in [3.8, 4) is 23.3 Å². The van der Waals surface area contributed by atoms with E-state index in [1.807, 2.05) is 47.2 Å². The number of aromatic nitrogens is 1. The molecule has 3 aromatic rings. The molecule has 0 unspecified atom stereocenters. The van der Waals surface area contributed by atoms with Gasteiger partial charge in [-0.05, 0) is 30.3 Å². The van der Waals surface area contributed by atoms with E-state index in [4.69, 9.17) is 14.2 Å². The number of benzene rings is 2. The van der Waals surface area contributed by atoms with Crippen molar-refractivity contribution in [1.29, 1.82) is 5.26 Å². The Hall–Kier alpha value is -2.65. The van der Waals surface area contributed by atoms with Crippen LogP contribution >= 0.6 is 15.9 Å². The van der Waals surface area contributed by atoms with Gasteiger partial charge >= 0.3 is 0 Å². The Morgan fingerprint density at radius 2 is 2.04 bits per heavy atom. The highest BCUT2D eigenvalue weighted by Crippen LogP contribution is 2.35. The van der Waals surface area contributed by atoms with Crippen molar-refractivity contribution >= 4 is 26.8 Å². The lowest BCUT2D eigenvalue weighted by atomic mass is 10.2. The molecule has 0 saturated heterocycles. The highest BCUT2D eigenvalue weighted by Gasteiger charge is 2.14. The molecule has 1 aliphatic rings. The Balaban J connectivity index is 1.50. The first kappa shape index (κ1) is 14.9. The van der Waals surface area contributed by atoms with Gasteiger partial charge in [-0.1, -0.05) is 15.9 Å². The second-order valence-electron chi connectivity index (χ2n) is 5.37. The average molecular weight is 385 g/mol. The molecule has 24 heavy (non-hydrogen) atoms. The SMILES string of the molecule is N#Cc1cn(CCOc2ccc3c(c2)OCO3)c2ccc(Br)cc12. The predicted molar refractivity (Wildman–Crippen MR) is 92.4 cm³/mol. The summed E-state index contributed by atoms with van der Waals surface area (Å²) in [5, 5.41) is 10.2. The number of hydrogen-bond donors (Lipinski definition) is 0. The maximum absolute atomic E-state index is 9.30. The third kappa shape index (κ3) is 2.68. The molecule has 5 nitrogen and oxygen atoms in total. The summed E-state index contributed by atoms with van der Waals surface area (Å²) in [6.07, 6.45) is 1.86. The first-order chi connectivity index (χ1) is 11.7. The second-order valence-corrected chi connectivity index (χ2v) is 6.29. The summed E-state index contributed by atoms with van der Waals surface area (Å²) in [7, 11) is 0. The minimum Gasteiger partial charge on any atom is -0.492 e. The molecule has 0 atom stereocenters. The summed E-state index contributed by atoms with van der Waals surface area (Å²) in [4.78, 5) is 0. The first-order valence-electron chi connectivity index (χ1n) is 7.45. The van der Waals surface area contributed by atoms with Gasteiger partial charge in [0.1, 0.15) is 18.4 Å². The number of rotatable bonds is 4. The van der Waals surface area contributed by atoms with Crippen LogP contribution in [0.15, 0.2) is 47.1 Å². The highest BCUT2D eigenvalue weighted by molar-refractivity contribution is 9.10. The summed E-state index contributed by atoms with van der Waals surface area (Å²) in [6.45, 7) is 1.39. The van der Waals surface area contributed by atoms with Crippen molar-refractivity contribution < 1.29 is 14.2 Å². The Bertz CT molecular complexity index is 959. The van der Waals surface area contributed by atoms with Gasteiger partial charge in [-0.15, -0.1) is 0 Å². The summed E-state index contributed by atoms with van der Waals surface area (Å²) in [6, 6.07) is 13.7. The Kier molecular flexibility index (Phi) is 3.79. The van der Waals surface area contributed by atoms with Crippen LogP contribution in [0, 0.1) is 11.3 Å². The average Bonchev–Trinajstić information content (AvgIpc) is 3.18. The van der Waals surface area contributed by atoms with E-state index in [2.05, 4.69) is 22.0 Å². The van der Waals surface area contributed by atoms with Crippen molar-refractivity contribution in [3.63, 3.8) is 0 Å². The van der Waals surface area contributed by atoms with Crippen molar-refractivity contribution in [2.45, 2.75) is 6.54 Å². The minimum atomic E-state index is 0.251. The van der Waals surface area contributed by atoms with E-state index in [1.165, 1.54) is 0 Å². The number of fused-ring (bicyclic) bond motifs is 2. The van der Waals surface area contributed by atoms with Gasteiger partial charge in [0.2, 0.25) is 6.79 Å². The fourth-order valence-electron chi connectivity index (χ4n) is 2.77. The standard InChI is InChI=1S/C18H13BrN2O3/c19-13-1-3-16-15(7-13)12(9-20)10-21(16)5-6-22-14-2-4-17-18(8-14)24-11-23-17/h1-4,7-8,10H,5-6,11H2. The quantitative estimate of drug-likeness (QED) is 0.679. The molecular weight excluding hydrogens is 372 g/mol. The van der Waals surface area contributed by atoms with Crippen molar-refractivity contribution in [3.05, 3.63) is 52.6 Å². The lowest BCUT2D eigenvalue weighted by molar-refractivity contribution is 0.173. The number of nitrogens with zero attached hydrogens (tertiary/aromatic N) is 2. The predicted octanol–water partition coefficient (Wildman–Crippen LogP) is 4.08. The number of halogens is 1. The molecule has 0 saturated carbocycles. The fourth-order valence-corrected chi connectivity index (χ4v) is 3.13. The molecule has 0 radical (unpaired) electrons. The van der Waals surface area contributed by atoms with E-state index >= 15 is 0 Å². The Labute approximate surface area is 147 Å². The van der Waals surface area contributed by atoms with Crippen LogP contribution in [0.5, 0.6) is 17.2 Å². The van der Waals surface area contributed by atoms with Gasteiger partial charge < -0.3 is 18.8 Å². The van der Waals surface area contributed by atoms with E-state index in [-0.39, 0.29) is 6.79 Å². The van der Waals surface area contributed by atoms with Gasteiger partial charge in [0.05, 0.1) is 12.1 Å². The Morgan fingerprint density at radius 3 is 2.92 bits per heavy atom. The van der Waals surface area contributed by atoms with Crippen molar-refractivity contribution in [1.82, 2.24) is 4.57 Å². The normalized spacial score (nSPS) is 12.3. The van der Waals surface area contributed by atoms with Gasteiger partial charge in [-0.3, -0.25) is 0 Å². The zero-order valence-electron chi connectivity index (χ0n) is 12.7. The topological polar surface area (TPSA) is 56.4 Å². The van der Waals surface area contributed by atoms with Gasteiger partial charge in [0.25, 0.3) is 0 Å². The highest BCUT2D eigenvalue weighted by atomic mass is 79.9. The zero-order valence-corrected chi connectivity index (χ0v) is 14.2. The molecule has 0 spiro atoms. The number of hydrogen-bond acceptors (Lipinski definition) is 4. The van der Waals surface area contributed by atoms with Crippen LogP contribution in [-0.4, -0.2) is 18.0 Å². The van der Waals surface area contributed by atoms with E-state index in [0.717, 1.165) is 26.9 Å². The lowest BCUT2D eigenvalue weighted by Crippen LogP contribution is -2.07.